The van der Waals surface area contributed by atoms with Gasteiger partial charge in [-0.05, 0) is 45.3 Å². The van der Waals surface area contributed by atoms with Crippen molar-refractivity contribution < 1.29 is 0 Å². The molecule has 0 heterocycles. The van der Waals surface area contributed by atoms with Gasteiger partial charge in [0.1, 0.15) is 0 Å². The summed E-state index contributed by atoms with van der Waals surface area (Å²) in [5, 5.41) is 3.35. The Morgan fingerprint density at radius 3 is 2.13 bits per heavy atom. The molecule has 0 aliphatic heterocycles. The highest BCUT2D eigenvalue weighted by molar-refractivity contribution is 4.81. The zero-order valence-corrected chi connectivity index (χ0v) is 11.4. The second kappa shape index (κ2) is 8.12. The van der Waals surface area contributed by atoms with Crippen molar-refractivity contribution in [2.45, 2.75) is 46.5 Å². The van der Waals surface area contributed by atoms with E-state index in [1.165, 1.54) is 38.8 Å². The van der Waals surface area contributed by atoms with E-state index >= 15 is 0 Å². The van der Waals surface area contributed by atoms with Gasteiger partial charge in [0.2, 0.25) is 0 Å². The number of hydrogen-bond donors (Lipinski definition) is 1. The summed E-state index contributed by atoms with van der Waals surface area (Å²) in [6.45, 7) is 10.5. The third kappa shape index (κ3) is 5.53. The monoisotopic (exact) mass is 214 g/mol. The zero-order valence-electron chi connectivity index (χ0n) is 11.4. The van der Waals surface area contributed by atoms with E-state index in [-0.39, 0.29) is 0 Å². The van der Waals surface area contributed by atoms with Crippen LogP contribution >= 0.6 is 0 Å². The van der Waals surface area contributed by atoms with E-state index in [9.17, 15) is 0 Å². The molecule has 1 N–H and O–H groups in total. The maximum Gasteiger partial charge on any atom is 0.00469 e. The fraction of sp³-hybridized carbons (Fsp3) is 1.00. The fourth-order valence-corrected chi connectivity index (χ4v) is 2.23. The lowest BCUT2D eigenvalue weighted by Crippen LogP contribution is -2.41. The summed E-state index contributed by atoms with van der Waals surface area (Å²) in [4.78, 5) is 2.49. The van der Waals surface area contributed by atoms with Gasteiger partial charge in [-0.15, -0.1) is 0 Å². The molecule has 2 nitrogen and oxygen atoms in total. The molecule has 0 aliphatic carbocycles. The van der Waals surface area contributed by atoms with Gasteiger partial charge in [-0.2, -0.15) is 0 Å². The van der Waals surface area contributed by atoms with Gasteiger partial charge >= 0.3 is 0 Å². The Morgan fingerprint density at radius 1 is 1.13 bits per heavy atom. The van der Waals surface area contributed by atoms with E-state index in [2.05, 4.69) is 45.1 Å². The van der Waals surface area contributed by atoms with Crippen molar-refractivity contribution in [3.8, 4) is 0 Å². The van der Waals surface area contributed by atoms with Crippen LogP contribution in [-0.4, -0.2) is 38.6 Å². The van der Waals surface area contributed by atoms with Crippen LogP contribution in [0.5, 0.6) is 0 Å². The summed E-state index contributed by atoms with van der Waals surface area (Å²) in [5.74, 6) is 0. The van der Waals surface area contributed by atoms with Crippen molar-refractivity contribution in [2.24, 2.45) is 5.41 Å². The Hall–Kier alpha value is -0.0800. The van der Waals surface area contributed by atoms with E-state index in [4.69, 9.17) is 0 Å². The summed E-state index contributed by atoms with van der Waals surface area (Å²) in [6, 6.07) is 0. The van der Waals surface area contributed by atoms with E-state index in [1.54, 1.807) is 0 Å². The number of unbranched alkanes of at least 4 members (excludes halogenated alkanes) is 1. The molecule has 15 heavy (non-hydrogen) atoms. The van der Waals surface area contributed by atoms with Crippen molar-refractivity contribution in [2.75, 3.05) is 33.7 Å². The molecule has 92 valence electrons. The van der Waals surface area contributed by atoms with Crippen molar-refractivity contribution in [3.05, 3.63) is 0 Å². The predicted molar refractivity (Wildman–Crippen MR) is 69.3 cm³/mol. The molecule has 0 amide bonds. The number of hydrogen-bond acceptors (Lipinski definition) is 2. The third-order valence-corrected chi connectivity index (χ3v) is 3.55. The minimum absolute atomic E-state index is 0.469. The fourth-order valence-electron chi connectivity index (χ4n) is 2.23. The second-order valence-corrected chi connectivity index (χ2v) is 4.83. The van der Waals surface area contributed by atoms with Gasteiger partial charge in [0.05, 0.1) is 0 Å². The Balaban J connectivity index is 4.13. The van der Waals surface area contributed by atoms with Crippen molar-refractivity contribution in [3.63, 3.8) is 0 Å². The maximum atomic E-state index is 3.35. The Kier molecular flexibility index (Phi) is 8.07. The highest BCUT2D eigenvalue weighted by Gasteiger charge is 2.26. The first-order valence-electron chi connectivity index (χ1n) is 6.47. The standard InChI is InChI=1S/C13H30N2/c1-6-9-10-15(5)12-13(7-2,8-3)11-14-4/h14H,6-12H2,1-5H3. The van der Waals surface area contributed by atoms with Gasteiger partial charge in [-0.25, -0.2) is 0 Å². The first-order chi connectivity index (χ1) is 7.14. The van der Waals surface area contributed by atoms with Crippen LogP contribution in [0.4, 0.5) is 0 Å². The molecular formula is C13H30N2. The molecule has 0 fully saturated rings. The molecule has 0 bridgehead atoms. The molecule has 0 unspecified atom stereocenters. The lowest BCUT2D eigenvalue weighted by atomic mass is 9.81. The van der Waals surface area contributed by atoms with Gasteiger partial charge in [0.15, 0.2) is 0 Å². The van der Waals surface area contributed by atoms with E-state index in [0.29, 0.717) is 5.41 Å². The van der Waals surface area contributed by atoms with Gasteiger partial charge in [0.25, 0.3) is 0 Å². The number of nitrogens with one attached hydrogen (secondary N) is 1. The van der Waals surface area contributed by atoms with Gasteiger partial charge in [0, 0.05) is 13.1 Å². The highest BCUT2D eigenvalue weighted by atomic mass is 15.1. The zero-order chi connectivity index (χ0) is 11.7. The number of rotatable bonds is 9. The van der Waals surface area contributed by atoms with E-state index in [1.807, 2.05) is 0 Å². The molecule has 2 heteroatoms. The molecule has 0 saturated carbocycles. The highest BCUT2D eigenvalue weighted by Crippen LogP contribution is 2.26. The Bertz CT molecular complexity index is 141. The molecule has 0 aromatic carbocycles. The van der Waals surface area contributed by atoms with Gasteiger partial charge in [-0.1, -0.05) is 27.2 Å². The molecule has 0 rings (SSSR count). The first-order valence-corrected chi connectivity index (χ1v) is 6.47. The lowest BCUT2D eigenvalue weighted by molar-refractivity contribution is 0.157. The van der Waals surface area contributed by atoms with Crippen LogP contribution in [0.1, 0.15) is 46.5 Å². The summed E-state index contributed by atoms with van der Waals surface area (Å²) in [7, 11) is 4.32. The van der Waals surface area contributed by atoms with Crippen LogP contribution in [0.3, 0.4) is 0 Å². The Labute approximate surface area is 96.4 Å². The lowest BCUT2D eigenvalue weighted by Gasteiger charge is -2.35. The summed E-state index contributed by atoms with van der Waals surface area (Å²) in [6.07, 6.45) is 5.14. The van der Waals surface area contributed by atoms with Crippen molar-refractivity contribution in [1.82, 2.24) is 10.2 Å². The molecule has 0 radical (unpaired) electrons. The Morgan fingerprint density at radius 2 is 1.73 bits per heavy atom. The van der Waals surface area contributed by atoms with Gasteiger partial charge < -0.3 is 10.2 Å². The average molecular weight is 214 g/mol. The predicted octanol–water partition coefficient (Wildman–Crippen LogP) is 2.74. The third-order valence-electron chi connectivity index (χ3n) is 3.55. The van der Waals surface area contributed by atoms with Crippen LogP contribution < -0.4 is 5.32 Å². The minimum atomic E-state index is 0.469. The van der Waals surface area contributed by atoms with Crippen LogP contribution in [0.15, 0.2) is 0 Å². The number of nitrogens with zero attached hydrogens (tertiary/aromatic N) is 1. The molecular weight excluding hydrogens is 184 g/mol. The smallest absolute Gasteiger partial charge is 0.00469 e. The first kappa shape index (κ1) is 14.9. The molecule has 0 spiro atoms. The SMILES string of the molecule is CCCCN(C)CC(CC)(CC)CNC. The topological polar surface area (TPSA) is 15.3 Å². The molecule has 0 saturated heterocycles. The van der Waals surface area contributed by atoms with Crippen LogP contribution in [0, 0.1) is 5.41 Å². The molecule has 0 atom stereocenters. The summed E-state index contributed by atoms with van der Waals surface area (Å²) < 4.78 is 0. The van der Waals surface area contributed by atoms with Crippen LogP contribution in [-0.2, 0) is 0 Å². The van der Waals surface area contributed by atoms with Crippen LogP contribution in [0.2, 0.25) is 0 Å². The second-order valence-electron chi connectivity index (χ2n) is 4.83. The maximum absolute atomic E-state index is 3.35. The largest absolute Gasteiger partial charge is 0.319 e. The van der Waals surface area contributed by atoms with Crippen molar-refractivity contribution in [1.29, 1.82) is 0 Å². The molecule has 0 aromatic rings. The van der Waals surface area contributed by atoms with Crippen LogP contribution in [0.25, 0.3) is 0 Å². The molecule has 0 aromatic heterocycles. The average Bonchev–Trinajstić information content (AvgIpc) is 2.25. The van der Waals surface area contributed by atoms with E-state index < -0.39 is 0 Å². The summed E-state index contributed by atoms with van der Waals surface area (Å²) >= 11 is 0. The van der Waals surface area contributed by atoms with E-state index in [0.717, 1.165) is 6.54 Å². The van der Waals surface area contributed by atoms with Crippen molar-refractivity contribution >= 4 is 0 Å². The quantitative estimate of drug-likeness (QED) is 0.635. The molecule has 0 aliphatic rings. The minimum Gasteiger partial charge on any atom is -0.319 e. The van der Waals surface area contributed by atoms with Gasteiger partial charge in [-0.3, -0.25) is 0 Å². The normalized spacial score (nSPS) is 12.4. The summed E-state index contributed by atoms with van der Waals surface area (Å²) in [5.41, 5.74) is 0.469.